The molecular formula is C23H31N4O3+. The van der Waals surface area contributed by atoms with Crippen molar-refractivity contribution in [3.05, 3.63) is 60.2 Å². The minimum absolute atomic E-state index is 0.0106. The minimum atomic E-state index is -0.228. The van der Waals surface area contributed by atoms with Crippen molar-refractivity contribution in [1.82, 2.24) is 10.6 Å². The molecule has 3 amide bonds. The van der Waals surface area contributed by atoms with Crippen LogP contribution in [-0.4, -0.2) is 51.3 Å². The van der Waals surface area contributed by atoms with Crippen molar-refractivity contribution < 1.29 is 19.2 Å². The van der Waals surface area contributed by atoms with Crippen molar-refractivity contribution in [1.29, 1.82) is 0 Å². The first-order chi connectivity index (χ1) is 14.5. The molecule has 1 heterocycles. The summed E-state index contributed by atoms with van der Waals surface area (Å²) in [6.45, 7) is 5.32. The smallest absolute Gasteiger partial charge is 0.315 e. The van der Waals surface area contributed by atoms with Crippen molar-refractivity contribution in [3.63, 3.8) is 0 Å². The van der Waals surface area contributed by atoms with Crippen LogP contribution in [0.5, 0.6) is 5.75 Å². The molecule has 0 bridgehead atoms. The SMILES string of the molecule is CCOc1ccc(N2C[C@@H](NC(=O)NCC[NH+](C)Cc3ccccc3)CC2=O)cc1. The molecule has 1 unspecified atom stereocenters. The molecule has 0 saturated carbocycles. The first-order valence-electron chi connectivity index (χ1n) is 10.5. The number of amides is 3. The van der Waals surface area contributed by atoms with Crippen LogP contribution in [0.15, 0.2) is 54.6 Å². The van der Waals surface area contributed by atoms with E-state index in [1.54, 1.807) is 4.90 Å². The highest BCUT2D eigenvalue weighted by molar-refractivity contribution is 5.96. The molecule has 1 saturated heterocycles. The van der Waals surface area contributed by atoms with Gasteiger partial charge < -0.3 is 25.2 Å². The molecule has 0 aromatic heterocycles. The molecule has 30 heavy (non-hydrogen) atoms. The third-order valence-corrected chi connectivity index (χ3v) is 5.11. The van der Waals surface area contributed by atoms with Gasteiger partial charge in [0.1, 0.15) is 12.3 Å². The number of benzene rings is 2. The summed E-state index contributed by atoms with van der Waals surface area (Å²) in [5.41, 5.74) is 2.09. The monoisotopic (exact) mass is 411 g/mol. The third-order valence-electron chi connectivity index (χ3n) is 5.11. The van der Waals surface area contributed by atoms with Crippen molar-refractivity contribution in [2.45, 2.75) is 25.9 Å². The number of carbonyl (C=O) groups excluding carboxylic acids is 2. The number of nitrogens with one attached hydrogen (secondary N) is 3. The lowest BCUT2D eigenvalue weighted by Gasteiger charge is -2.18. The van der Waals surface area contributed by atoms with Gasteiger partial charge in [-0.2, -0.15) is 0 Å². The fraction of sp³-hybridized carbons (Fsp3) is 0.391. The zero-order chi connectivity index (χ0) is 21.3. The molecule has 1 aliphatic heterocycles. The summed E-state index contributed by atoms with van der Waals surface area (Å²) in [6, 6.07) is 17.3. The van der Waals surface area contributed by atoms with Crippen LogP contribution in [0.4, 0.5) is 10.5 Å². The summed E-state index contributed by atoms with van der Waals surface area (Å²) in [5.74, 6) is 0.790. The molecule has 2 aromatic carbocycles. The molecule has 3 rings (SSSR count). The zero-order valence-electron chi connectivity index (χ0n) is 17.7. The molecule has 160 valence electrons. The summed E-state index contributed by atoms with van der Waals surface area (Å²) in [4.78, 5) is 27.6. The van der Waals surface area contributed by atoms with Crippen molar-refractivity contribution >= 4 is 17.6 Å². The van der Waals surface area contributed by atoms with Gasteiger partial charge in [0.05, 0.1) is 32.8 Å². The number of nitrogens with zero attached hydrogens (tertiary/aromatic N) is 1. The highest BCUT2D eigenvalue weighted by Gasteiger charge is 2.31. The van der Waals surface area contributed by atoms with Gasteiger partial charge in [-0.3, -0.25) is 4.79 Å². The fourth-order valence-electron chi connectivity index (χ4n) is 3.60. The van der Waals surface area contributed by atoms with Crippen molar-refractivity contribution in [3.8, 4) is 5.75 Å². The van der Waals surface area contributed by atoms with Gasteiger partial charge in [-0.1, -0.05) is 30.3 Å². The van der Waals surface area contributed by atoms with Crippen LogP contribution in [-0.2, 0) is 11.3 Å². The van der Waals surface area contributed by atoms with Crippen LogP contribution < -0.4 is 25.2 Å². The molecule has 3 N–H and O–H groups in total. The molecule has 2 atom stereocenters. The molecule has 1 fully saturated rings. The lowest BCUT2D eigenvalue weighted by Crippen LogP contribution is -3.08. The Morgan fingerprint density at radius 3 is 2.60 bits per heavy atom. The molecule has 0 aliphatic carbocycles. The quantitative estimate of drug-likeness (QED) is 0.581. The number of urea groups is 1. The van der Waals surface area contributed by atoms with E-state index in [4.69, 9.17) is 4.74 Å². The minimum Gasteiger partial charge on any atom is -0.494 e. The summed E-state index contributed by atoms with van der Waals surface area (Å²) >= 11 is 0. The van der Waals surface area contributed by atoms with Gasteiger partial charge in [0.15, 0.2) is 0 Å². The van der Waals surface area contributed by atoms with Gasteiger partial charge in [-0.25, -0.2) is 4.79 Å². The van der Waals surface area contributed by atoms with E-state index in [0.29, 0.717) is 26.1 Å². The van der Waals surface area contributed by atoms with E-state index in [-0.39, 0.29) is 18.0 Å². The Morgan fingerprint density at radius 2 is 1.90 bits per heavy atom. The van der Waals surface area contributed by atoms with Gasteiger partial charge in [0.2, 0.25) is 5.91 Å². The Kier molecular flexibility index (Phi) is 7.68. The summed E-state index contributed by atoms with van der Waals surface area (Å²) in [7, 11) is 2.11. The van der Waals surface area contributed by atoms with Crippen molar-refractivity contribution in [2.75, 3.05) is 38.2 Å². The Bertz CT molecular complexity index is 826. The highest BCUT2D eigenvalue weighted by Crippen LogP contribution is 2.24. The number of ether oxygens (including phenoxy) is 1. The van der Waals surface area contributed by atoms with E-state index in [9.17, 15) is 9.59 Å². The summed E-state index contributed by atoms with van der Waals surface area (Å²) in [6.07, 6.45) is 0.305. The molecule has 7 nitrogen and oxygen atoms in total. The lowest BCUT2D eigenvalue weighted by molar-refractivity contribution is -0.892. The third kappa shape index (κ3) is 6.22. The second-order valence-corrected chi connectivity index (χ2v) is 7.60. The molecule has 7 heteroatoms. The number of hydrogen-bond acceptors (Lipinski definition) is 3. The normalized spacial score (nSPS) is 16.9. The number of anilines is 1. The maximum atomic E-state index is 12.4. The van der Waals surface area contributed by atoms with Crippen molar-refractivity contribution in [2.24, 2.45) is 0 Å². The van der Waals surface area contributed by atoms with E-state index >= 15 is 0 Å². The molecule has 0 spiro atoms. The predicted octanol–water partition coefficient (Wildman–Crippen LogP) is 1.20. The second kappa shape index (κ2) is 10.6. The fourth-order valence-corrected chi connectivity index (χ4v) is 3.60. The Hall–Kier alpha value is -3.06. The topological polar surface area (TPSA) is 75.1 Å². The molecular weight excluding hydrogens is 380 g/mol. The Balaban J connectivity index is 1.39. The lowest BCUT2D eigenvalue weighted by atomic mass is 10.2. The molecule has 2 aromatic rings. The zero-order valence-corrected chi connectivity index (χ0v) is 17.7. The van der Waals surface area contributed by atoms with Gasteiger partial charge in [-0.05, 0) is 31.2 Å². The first kappa shape index (κ1) is 21.6. The van der Waals surface area contributed by atoms with E-state index in [2.05, 4.69) is 29.8 Å². The van der Waals surface area contributed by atoms with E-state index in [1.165, 1.54) is 10.5 Å². The van der Waals surface area contributed by atoms with Crippen LogP contribution in [0.3, 0.4) is 0 Å². The standard InChI is InChI=1S/C23H30N4O3/c1-3-30-21-11-9-20(10-12-21)27-17-19(15-22(27)28)25-23(29)24-13-14-26(2)16-18-7-5-4-6-8-18/h4-12,19H,3,13-17H2,1-2H3,(H2,24,25,29)/p+1/t19-/m0/s1. The number of hydrogen-bond donors (Lipinski definition) is 3. The van der Waals surface area contributed by atoms with E-state index in [0.717, 1.165) is 24.5 Å². The van der Waals surface area contributed by atoms with E-state index in [1.807, 2.05) is 49.4 Å². The maximum Gasteiger partial charge on any atom is 0.315 e. The largest absolute Gasteiger partial charge is 0.494 e. The summed E-state index contributed by atoms with van der Waals surface area (Å²) in [5, 5.41) is 5.82. The molecule has 0 radical (unpaired) electrons. The van der Waals surface area contributed by atoms with Gasteiger partial charge >= 0.3 is 6.03 Å². The summed E-state index contributed by atoms with van der Waals surface area (Å²) < 4.78 is 5.44. The van der Waals surface area contributed by atoms with Gasteiger partial charge in [0.25, 0.3) is 0 Å². The Labute approximate surface area is 178 Å². The van der Waals surface area contributed by atoms with Crippen LogP contribution >= 0.6 is 0 Å². The van der Waals surface area contributed by atoms with Gasteiger partial charge in [0, 0.05) is 24.2 Å². The number of carbonyl (C=O) groups is 2. The van der Waals surface area contributed by atoms with Crippen LogP contribution in [0.25, 0.3) is 0 Å². The van der Waals surface area contributed by atoms with Crippen LogP contribution in [0, 0.1) is 0 Å². The number of likely N-dealkylation sites (N-methyl/N-ethyl adjacent to an activating group) is 1. The first-order valence-corrected chi connectivity index (χ1v) is 10.5. The van der Waals surface area contributed by atoms with Crippen LogP contribution in [0.1, 0.15) is 18.9 Å². The molecule has 1 aliphatic rings. The second-order valence-electron chi connectivity index (χ2n) is 7.60. The Morgan fingerprint density at radius 1 is 1.17 bits per heavy atom. The maximum absolute atomic E-state index is 12.4. The highest BCUT2D eigenvalue weighted by atomic mass is 16.5. The van der Waals surface area contributed by atoms with E-state index < -0.39 is 0 Å². The number of rotatable bonds is 9. The predicted molar refractivity (Wildman–Crippen MR) is 117 cm³/mol. The number of quaternary nitrogens is 1. The van der Waals surface area contributed by atoms with Crippen LogP contribution in [0.2, 0.25) is 0 Å². The average molecular weight is 412 g/mol. The van der Waals surface area contributed by atoms with Gasteiger partial charge in [-0.15, -0.1) is 0 Å². The average Bonchev–Trinajstić information content (AvgIpc) is 3.09.